The Labute approximate surface area is 111 Å². The lowest BCUT2D eigenvalue weighted by Gasteiger charge is -2.46. The SMILES string of the molecule is CCCCN(C1CC1)C1(CN)CCCS(=O)(=O)C1. The summed E-state index contributed by atoms with van der Waals surface area (Å²) in [6.45, 7) is 3.66. The quantitative estimate of drug-likeness (QED) is 0.789. The fourth-order valence-electron chi connectivity index (χ4n) is 3.20. The summed E-state index contributed by atoms with van der Waals surface area (Å²) in [6.07, 6.45) is 6.43. The Hall–Kier alpha value is -0.130. The van der Waals surface area contributed by atoms with E-state index in [-0.39, 0.29) is 11.3 Å². The average Bonchev–Trinajstić information content (AvgIpc) is 3.12. The Kier molecular flexibility index (Phi) is 4.34. The molecule has 1 heterocycles. The first-order chi connectivity index (χ1) is 8.53. The standard InChI is InChI=1S/C13H26N2O2S/c1-2-3-8-15(12-5-6-12)13(10-14)7-4-9-18(16,17)11-13/h12H,2-11,14H2,1H3. The van der Waals surface area contributed by atoms with Crippen molar-refractivity contribution in [2.24, 2.45) is 5.73 Å². The van der Waals surface area contributed by atoms with Crippen molar-refractivity contribution in [2.75, 3.05) is 24.6 Å². The summed E-state index contributed by atoms with van der Waals surface area (Å²) < 4.78 is 23.9. The first-order valence-corrected chi connectivity index (χ1v) is 9.02. The molecular weight excluding hydrogens is 248 g/mol. The second kappa shape index (κ2) is 5.47. The minimum Gasteiger partial charge on any atom is -0.329 e. The molecule has 1 saturated carbocycles. The lowest BCUT2D eigenvalue weighted by atomic mass is 9.92. The van der Waals surface area contributed by atoms with Gasteiger partial charge in [0.05, 0.1) is 11.5 Å². The van der Waals surface area contributed by atoms with Gasteiger partial charge in [-0.2, -0.15) is 0 Å². The zero-order valence-corrected chi connectivity index (χ0v) is 12.2. The normalized spacial score (nSPS) is 31.7. The van der Waals surface area contributed by atoms with Gasteiger partial charge in [-0.05, 0) is 38.6 Å². The molecule has 2 fully saturated rings. The molecule has 4 nitrogen and oxygen atoms in total. The third-order valence-corrected chi connectivity index (χ3v) is 6.20. The fourth-order valence-corrected chi connectivity index (χ4v) is 5.18. The van der Waals surface area contributed by atoms with Gasteiger partial charge in [-0.3, -0.25) is 4.90 Å². The molecule has 0 bridgehead atoms. The van der Waals surface area contributed by atoms with Crippen molar-refractivity contribution in [3.05, 3.63) is 0 Å². The van der Waals surface area contributed by atoms with Crippen LogP contribution in [0.2, 0.25) is 0 Å². The molecule has 0 aromatic heterocycles. The highest BCUT2D eigenvalue weighted by molar-refractivity contribution is 7.91. The molecule has 2 aliphatic rings. The maximum atomic E-state index is 12.0. The van der Waals surface area contributed by atoms with Crippen LogP contribution in [0.3, 0.4) is 0 Å². The van der Waals surface area contributed by atoms with Gasteiger partial charge in [0.25, 0.3) is 0 Å². The van der Waals surface area contributed by atoms with E-state index in [2.05, 4.69) is 11.8 Å². The molecule has 1 atom stereocenters. The predicted molar refractivity (Wildman–Crippen MR) is 74.3 cm³/mol. The van der Waals surface area contributed by atoms with Crippen LogP contribution in [0, 0.1) is 0 Å². The largest absolute Gasteiger partial charge is 0.329 e. The van der Waals surface area contributed by atoms with E-state index in [1.165, 1.54) is 12.8 Å². The molecule has 1 aliphatic carbocycles. The lowest BCUT2D eigenvalue weighted by molar-refractivity contribution is 0.0889. The Morgan fingerprint density at radius 3 is 2.61 bits per heavy atom. The second-order valence-electron chi connectivity index (χ2n) is 5.90. The Morgan fingerprint density at radius 2 is 2.11 bits per heavy atom. The van der Waals surface area contributed by atoms with Gasteiger partial charge in [0.1, 0.15) is 0 Å². The van der Waals surface area contributed by atoms with Gasteiger partial charge in [-0.1, -0.05) is 13.3 Å². The van der Waals surface area contributed by atoms with Crippen LogP contribution >= 0.6 is 0 Å². The monoisotopic (exact) mass is 274 g/mol. The Morgan fingerprint density at radius 1 is 1.39 bits per heavy atom. The number of nitrogens with zero attached hydrogens (tertiary/aromatic N) is 1. The van der Waals surface area contributed by atoms with Gasteiger partial charge < -0.3 is 5.73 Å². The molecule has 0 spiro atoms. The molecule has 1 aliphatic heterocycles. The number of unbranched alkanes of at least 4 members (excludes halogenated alkanes) is 1. The molecule has 1 saturated heterocycles. The van der Waals surface area contributed by atoms with Crippen molar-refractivity contribution < 1.29 is 8.42 Å². The van der Waals surface area contributed by atoms with Crippen LogP contribution in [0.25, 0.3) is 0 Å². The summed E-state index contributed by atoms with van der Waals surface area (Å²) in [5.74, 6) is 0.623. The number of sulfone groups is 1. The predicted octanol–water partition coefficient (Wildman–Crippen LogP) is 1.16. The topological polar surface area (TPSA) is 63.4 Å². The van der Waals surface area contributed by atoms with Crippen LogP contribution in [0.4, 0.5) is 0 Å². The molecule has 5 heteroatoms. The van der Waals surface area contributed by atoms with Crippen LogP contribution in [0.1, 0.15) is 45.4 Å². The first kappa shape index (κ1) is 14.3. The van der Waals surface area contributed by atoms with E-state index in [4.69, 9.17) is 5.73 Å². The first-order valence-electron chi connectivity index (χ1n) is 7.20. The zero-order chi connectivity index (χ0) is 13.2. The van der Waals surface area contributed by atoms with E-state index in [0.717, 1.165) is 32.2 Å². The van der Waals surface area contributed by atoms with E-state index in [1.54, 1.807) is 0 Å². The van der Waals surface area contributed by atoms with E-state index in [9.17, 15) is 8.42 Å². The number of nitrogens with two attached hydrogens (primary N) is 1. The Balaban J connectivity index is 2.17. The van der Waals surface area contributed by atoms with Gasteiger partial charge in [-0.15, -0.1) is 0 Å². The minimum atomic E-state index is -2.90. The molecule has 0 aromatic rings. The summed E-state index contributed by atoms with van der Waals surface area (Å²) in [4.78, 5) is 2.44. The van der Waals surface area contributed by atoms with E-state index >= 15 is 0 Å². The van der Waals surface area contributed by atoms with Crippen LogP contribution < -0.4 is 5.73 Å². The summed E-state index contributed by atoms with van der Waals surface area (Å²) >= 11 is 0. The van der Waals surface area contributed by atoms with Crippen molar-refractivity contribution in [3.63, 3.8) is 0 Å². The van der Waals surface area contributed by atoms with Crippen molar-refractivity contribution in [3.8, 4) is 0 Å². The molecule has 18 heavy (non-hydrogen) atoms. The fraction of sp³-hybridized carbons (Fsp3) is 1.00. The van der Waals surface area contributed by atoms with Crippen LogP contribution in [0.5, 0.6) is 0 Å². The highest BCUT2D eigenvalue weighted by Gasteiger charge is 2.47. The lowest BCUT2D eigenvalue weighted by Crippen LogP contribution is -2.61. The van der Waals surface area contributed by atoms with E-state index in [0.29, 0.717) is 18.3 Å². The van der Waals surface area contributed by atoms with Gasteiger partial charge >= 0.3 is 0 Å². The molecule has 0 amide bonds. The van der Waals surface area contributed by atoms with Crippen LogP contribution in [-0.4, -0.2) is 49.5 Å². The van der Waals surface area contributed by atoms with Crippen molar-refractivity contribution in [1.82, 2.24) is 4.90 Å². The number of rotatable bonds is 6. The third kappa shape index (κ3) is 3.06. The average molecular weight is 274 g/mol. The molecule has 2 N–H and O–H groups in total. The molecule has 1 unspecified atom stereocenters. The smallest absolute Gasteiger partial charge is 0.152 e. The number of hydrogen-bond donors (Lipinski definition) is 1. The van der Waals surface area contributed by atoms with E-state index < -0.39 is 9.84 Å². The summed E-state index contributed by atoms with van der Waals surface area (Å²) in [6, 6.07) is 0.591. The summed E-state index contributed by atoms with van der Waals surface area (Å²) in [7, 11) is -2.90. The van der Waals surface area contributed by atoms with Crippen molar-refractivity contribution in [2.45, 2.75) is 57.0 Å². The summed E-state index contributed by atoms with van der Waals surface area (Å²) in [5, 5.41) is 0. The molecule has 0 radical (unpaired) electrons. The minimum absolute atomic E-state index is 0.270. The molecule has 106 valence electrons. The molecule has 0 aromatic carbocycles. The van der Waals surface area contributed by atoms with Crippen molar-refractivity contribution >= 4 is 9.84 Å². The molecular formula is C13H26N2O2S. The highest BCUT2D eigenvalue weighted by atomic mass is 32.2. The maximum Gasteiger partial charge on any atom is 0.152 e. The highest BCUT2D eigenvalue weighted by Crippen LogP contribution is 2.38. The van der Waals surface area contributed by atoms with Gasteiger partial charge in [0, 0.05) is 18.1 Å². The third-order valence-electron chi connectivity index (χ3n) is 4.32. The van der Waals surface area contributed by atoms with E-state index in [1.807, 2.05) is 0 Å². The maximum absolute atomic E-state index is 12.0. The van der Waals surface area contributed by atoms with Crippen LogP contribution in [-0.2, 0) is 9.84 Å². The zero-order valence-electron chi connectivity index (χ0n) is 11.4. The molecule has 2 rings (SSSR count). The van der Waals surface area contributed by atoms with Gasteiger partial charge in [-0.25, -0.2) is 8.42 Å². The van der Waals surface area contributed by atoms with Crippen LogP contribution in [0.15, 0.2) is 0 Å². The number of hydrogen-bond acceptors (Lipinski definition) is 4. The second-order valence-corrected chi connectivity index (χ2v) is 8.09. The van der Waals surface area contributed by atoms with Gasteiger partial charge in [0.15, 0.2) is 9.84 Å². The summed E-state index contributed by atoms with van der Waals surface area (Å²) in [5.41, 5.74) is 5.72. The van der Waals surface area contributed by atoms with Crippen molar-refractivity contribution in [1.29, 1.82) is 0 Å². The van der Waals surface area contributed by atoms with Gasteiger partial charge in [0.2, 0.25) is 0 Å². The Bertz CT molecular complexity index is 378.